The maximum Gasteiger partial charge on any atom is 0.524 e. The molecule has 7 heteroatoms. The van der Waals surface area contributed by atoms with Crippen molar-refractivity contribution in [3.8, 4) is 5.75 Å². The SMILES string of the molecule is CCCCc1cc(NC(=O)/C=C(C)/C=C/C=C(C)/C=C/C2=C(C)CCCC2(C)C)ccc1OP(=O)(O)O. The van der Waals surface area contributed by atoms with E-state index in [4.69, 9.17) is 14.3 Å². The van der Waals surface area contributed by atoms with Gasteiger partial charge in [0.05, 0.1) is 0 Å². The molecule has 0 spiro atoms. The summed E-state index contributed by atoms with van der Waals surface area (Å²) >= 11 is 0. The lowest BCUT2D eigenvalue weighted by Crippen LogP contribution is -2.19. The minimum absolute atomic E-state index is 0.129. The average Bonchev–Trinajstić information content (AvgIpc) is 2.77. The molecule has 2 rings (SSSR count). The van der Waals surface area contributed by atoms with E-state index in [1.54, 1.807) is 12.1 Å². The van der Waals surface area contributed by atoms with E-state index >= 15 is 0 Å². The van der Waals surface area contributed by atoms with Crippen LogP contribution in [0.2, 0.25) is 0 Å². The summed E-state index contributed by atoms with van der Waals surface area (Å²) in [6.45, 7) is 12.8. The largest absolute Gasteiger partial charge is 0.524 e. The van der Waals surface area contributed by atoms with E-state index in [-0.39, 0.29) is 17.1 Å². The maximum atomic E-state index is 12.5. The van der Waals surface area contributed by atoms with Gasteiger partial charge in [0, 0.05) is 11.8 Å². The van der Waals surface area contributed by atoms with Crippen LogP contribution in [-0.2, 0) is 15.8 Å². The van der Waals surface area contributed by atoms with Gasteiger partial charge >= 0.3 is 7.82 Å². The number of anilines is 1. The molecule has 1 aromatic rings. The first kappa shape index (κ1) is 30.6. The topological polar surface area (TPSA) is 95.9 Å². The van der Waals surface area contributed by atoms with E-state index < -0.39 is 7.82 Å². The molecule has 0 heterocycles. The van der Waals surface area contributed by atoms with Crippen LogP contribution in [0, 0.1) is 5.41 Å². The van der Waals surface area contributed by atoms with E-state index in [1.165, 1.54) is 42.6 Å². The summed E-state index contributed by atoms with van der Waals surface area (Å²) in [6.07, 6.45) is 17.7. The van der Waals surface area contributed by atoms with Gasteiger partial charge in [-0.15, -0.1) is 0 Å². The highest BCUT2D eigenvalue weighted by atomic mass is 31.2. The number of nitrogens with one attached hydrogen (secondary N) is 1. The number of hydrogen-bond donors (Lipinski definition) is 3. The van der Waals surface area contributed by atoms with Crippen LogP contribution in [0.4, 0.5) is 5.69 Å². The molecule has 0 saturated heterocycles. The number of unbranched alkanes of at least 4 members (excludes halogenated alkanes) is 1. The predicted octanol–water partition coefficient (Wildman–Crippen LogP) is 7.97. The van der Waals surface area contributed by atoms with E-state index in [0.29, 0.717) is 17.7 Å². The number of benzene rings is 1. The fourth-order valence-electron chi connectivity index (χ4n) is 4.50. The second-order valence-corrected chi connectivity index (χ2v) is 11.6. The van der Waals surface area contributed by atoms with E-state index in [9.17, 15) is 9.36 Å². The van der Waals surface area contributed by atoms with Crippen molar-refractivity contribution in [2.24, 2.45) is 5.41 Å². The van der Waals surface area contributed by atoms with Gasteiger partial charge in [0.2, 0.25) is 5.91 Å². The summed E-state index contributed by atoms with van der Waals surface area (Å²) in [6, 6.07) is 4.74. The summed E-state index contributed by atoms with van der Waals surface area (Å²) in [5.41, 5.74) is 6.23. The molecule has 0 aromatic heterocycles. The van der Waals surface area contributed by atoms with Gasteiger partial charge in [-0.2, -0.15) is 0 Å². The van der Waals surface area contributed by atoms with Crippen molar-refractivity contribution in [3.63, 3.8) is 0 Å². The van der Waals surface area contributed by atoms with Crippen LogP contribution < -0.4 is 9.84 Å². The standard InChI is InChI=1S/C30H42NO5P/c1-7-8-14-25-21-26(16-18-28(25)36-37(33,34)35)31-29(32)20-23(3)12-9-11-22(2)15-17-27-24(4)13-10-19-30(27,5)6/h9,11-12,15-18,20-21H,7-8,10,13-14,19H2,1-6H3,(H,31,32)(H2,33,34,35)/b12-9+,17-15+,22-11+,23-20+. The molecule has 1 aliphatic carbocycles. The molecular weight excluding hydrogens is 485 g/mol. The molecule has 202 valence electrons. The lowest BCUT2D eigenvalue weighted by atomic mass is 9.72. The lowest BCUT2D eigenvalue weighted by Gasteiger charge is -2.32. The van der Waals surface area contributed by atoms with Crippen molar-refractivity contribution in [1.29, 1.82) is 0 Å². The van der Waals surface area contributed by atoms with Gasteiger partial charge < -0.3 is 9.84 Å². The lowest BCUT2D eigenvalue weighted by molar-refractivity contribution is -0.111. The molecule has 0 unspecified atom stereocenters. The van der Waals surface area contributed by atoms with Gasteiger partial charge in [-0.1, -0.05) is 68.7 Å². The number of phosphoric ester groups is 1. The number of allylic oxidation sites excluding steroid dienone is 9. The second kappa shape index (κ2) is 13.8. The molecule has 1 amide bonds. The Morgan fingerprint density at radius 1 is 1.19 bits per heavy atom. The summed E-state index contributed by atoms with van der Waals surface area (Å²) in [5.74, 6) is -0.154. The molecule has 0 saturated carbocycles. The molecule has 3 N–H and O–H groups in total. The van der Waals surface area contributed by atoms with E-state index in [1.807, 2.05) is 32.1 Å². The minimum Gasteiger partial charge on any atom is -0.404 e. The highest BCUT2D eigenvalue weighted by Crippen LogP contribution is 2.41. The molecule has 6 nitrogen and oxygen atoms in total. The fraction of sp³-hybridized carbons (Fsp3) is 0.433. The highest BCUT2D eigenvalue weighted by Gasteiger charge is 2.26. The first-order valence-electron chi connectivity index (χ1n) is 12.9. The third kappa shape index (κ3) is 10.7. The van der Waals surface area contributed by atoms with E-state index in [2.05, 4.69) is 45.2 Å². The monoisotopic (exact) mass is 527 g/mol. The van der Waals surface area contributed by atoms with Gasteiger partial charge in [-0.25, -0.2) is 4.57 Å². The van der Waals surface area contributed by atoms with Crippen LogP contribution in [0.15, 0.2) is 76.9 Å². The van der Waals surface area contributed by atoms with Crippen molar-refractivity contribution < 1.29 is 23.7 Å². The minimum atomic E-state index is -4.66. The Morgan fingerprint density at radius 3 is 2.57 bits per heavy atom. The average molecular weight is 528 g/mol. The van der Waals surface area contributed by atoms with Gasteiger partial charge in [-0.3, -0.25) is 14.6 Å². The zero-order chi connectivity index (χ0) is 27.6. The number of aryl methyl sites for hydroxylation is 1. The van der Waals surface area contributed by atoms with E-state index in [0.717, 1.165) is 24.0 Å². The predicted molar refractivity (Wildman–Crippen MR) is 152 cm³/mol. The number of phosphoric acid groups is 1. The van der Waals surface area contributed by atoms with Crippen LogP contribution in [0.5, 0.6) is 5.75 Å². The van der Waals surface area contributed by atoms with Gasteiger partial charge in [0.1, 0.15) is 5.75 Å². The first-order chi connectivity index (χ1) is 17.3. The Balaban J connectivity index is 2.04. The molecule has 1 aliphatic rings. The summed E-state index contributed by atoms with van der Waals surface area (Å²) in [4.78, 5) is 30.8. The second-order valence-electron chi connectivity index (χ2n) is 10.4. The summed E-state index contributed by atoms with van der Waals surface area (Å²) in [7, 11) is -4.66. The molecule has 0 atom stereocenters. The Kier molecular flexibility index (Phi) is 11.4. The summed E-state index contributed by atoms with van der Waals surface area (Å²) < 4.78 is 16.1. The molecule has 1 aromatic carbocycles. The van der Waals surface area contributed by atoms with Gasteiger partial charge in [0.25, 0.3) is 0 Å². The zero-order valence-electron chi connectivity index (χ0n) is 23.0. The van der Waals surface area contributed by atoms with Crippen LogP contribution in [0.25, 0.3) is 0 Å². The van der Waals surface area contributed by atoms with Crippen LogP contribution in [-0.4, -0.2) is 15.7 Å². The number of amides is 1. The third-order valence-electron chi connectivity index (χ3n) is 6.48. The van der Waals surface area contributed by atoms with Crippen LogP contribution in [0.3, 0.4) is 0 Å². The van der Waals surface area contributed by atoms with Crippen LogP contribution in [0.1, 0.15) is 79.2 Å². The number of rotatable bonds is 11. The number of carbonyl (C=O) groups is 1. The van der Waals surface area contributed by atoms with Crippen molar-refractivity contribution in [1.82, 2.24) is 0 Å². The molecule has 0 aliphatic heterocycles. The van der Waals surface area contributed by atoms with Crippen LogP contribution >= 0.6 is 7.82 Å². The normalized spacial score (nSPS) is 17.1. The zero-order valence-corrected chi connectivity index (χ0v) is 23.9. The fourth-order valence-corrected chi connectivity index (χ4v) is 4.94. The highest BCUT2D eigenvalue weighted by molar-refractivity contribution is 7.46. The maximum absolute atomic E-state index is 12.5. The molecule has 0 radical (unpaired) electrons. The van der Waals surface area contributed by atoms with Crippen molar-refractivity contribution in [3.05, 3.63) is 82.5 Å². The Labute approximate surface area is 222 Å². The Morgan fingerprint density at radius 2 is 1.92 bits per heavy atom. The quantitative estimate of drug-likeness (QED) is 0.154. The van der Waals surface area contributed by atoms with Gasteiger partial charge in [-0.05, 0) is 93.2 Å². The Bertz CT molecular complexity index is 1160. The molecular formula is C30H42NO5P. The smallest absolute Gasteiger partial charge is 0.404 e. The molecule has 0 bridgehead atoms. The Hall–Kier alpha value is -2.66. The first-order valence-corrected chi connectivity index (χ1v) is 14.4. The third-order valence-corrected chi connectivity index (χ3v) is 6.91. The van der Waals surface area contributed by atoms with Crippen molar-refractivity contribution in [2.45, 2.75) is 80.1 Å². The molecule has 37 heavy (non-hydrogen) atoms. The number of hydrogen-bond acceptors (Lipinski definition) is 3. The van der Waals surface area contributed by atoms with Gasteiger partial charge in [0.15, 0.2) is 0 Å². The molecule has 0 fully saturated rings. The summed E-state index contributed by atoms with van der Waals surface area (Å²) in [5, 5.41) is 2.82. The number of carbonyl (C=O) groups excluding carboxylic acids is 1. The van der Waals surface area contributed by atoms with Crippen molar-refractivity contribution in [2.75, 3.05) is 5.32 Å². The van der Waals surface area contributed by atoms with Crippen molar-refractivity contribution >= 4 is 19.4 Å².